The molecule has 0 bridgehead atoms. The first kappa shape index (κ1) is 14.8. The number of anilines is 2. The van der Waals surface area contributed by atoms with Gasteiger partial charge in [-0.15, -0.1) is 5.10 Å². The molecular formula is C16H18FN7. The van der Waals surface area contributed by atoms with Crippen LogP contribution in [0.15, 0.2) is 36.5 Å². The number of alkyl halides is 1. The van der Waals surface area contributed by atoms with Gasteiger partial charge in [0.2, 0.25) is 0 Å². The van der Waals surface area contributed by atoms with E-state index < -0.39 is 6.17 Å². The van der Waals surface area contributed by atoms with Crippen molar-refractivity contribution in [3.05, 3.63) is 36.5 Å². The van der Waals surface area contributed by atoms with Gasteiger partial charge in [0.05, 0.1) is 17.9 Å². The zero-order valence-corrected chi connectivity index (χ0v) is 13.2. The van der Waals surface area contributed by atoms with E-state index in [2.05, 4.69) is 31.0 Å². The monoisotopic (exact) mass is 327 g/mol. The minimum atomic E-state index is -0.908. The van der Waals surface area contributed by atoms with Gasteiger partial charge in [-0.25, -0.2) is 18.9 Å². The predicted octanol–water partition coefficient (Wildman–Crippen LogP) is 1.55. The molecule has 3 aromatic rings. The van der Waals surface area contributed by atoms with E-state index in [1.165, 1.54) is 0 Å². The van der Waals surface area contributed by atoms with Crippen LogP contribution in [-0.4, -0.2) is 51.9 Å². The zero-order valence-electron chi connectivity index (χ0n) is 13.2. The summed E-state index contributed by atoms with van der Waals surface area (Å²) in [6, 6.07) is 9.10. The van der Waals surface area contributed by atoms with E-state index in [1.807, 2.05) is 43.6 Å². The third kappa shape index (κ3) is 2.76. The summed E-state index contributed by atoms with van der Waals surface area (Å²) in [5.41, 5.74) is 2.19. The van der Waals surface area contributed by atoms with Gasteiger partial charge in [0.1, 0.15) is 23.5 Å². The van der Waals surface area contributed by atoms with Crippen LogP contribution >= 0.6 is 0 Å². The molecule has 7 nitrogen and oxygen atoms in total. The number of nitrogens with one attached hydrogen (secondary N) is 3. The highest BCUT2D eigenvalue weighted by atomic mass is 19.1. The van der Waals surface area contributed by atoms with Crippen molar-refractivity contribution in [1.82, 2.24) is 24.9 Å². The van der Waals surface area contributed by atoms with Crippen molar-refractivity contribution in [3.63, 3.8) is 0 Å². The smallest absolute Gasteiger partial charge is 0.154 e. The van der Waals surface area contributed by atoms with Crippen LogP contribution in [0.3, 0.4) is 0 Å². The zero-order chi connectivity index (χ0) is 16.5. The van der Waals surface area contributed by atoms with Crippen LogP contribution in [0.4, 0.5) is 16.0 Å². The first-order valence-electron chi connectivity index (χ1n) is 7.86. The van der Waals surface area contributed by atoms with Crippen molar-refractivity contribution in [2.75, 3.05) is 30.8 Å². The maximum atomic E-state index is 13.7. The summed E-state index contributed by atoms with van der Waals surface area (Å²) in [7, 11) is 1.82. The molecule has 3 aromatic heterocycles. The highest BCUT2D eigenvalue weighted by Gasteiger charge is 2.26. The molecule has 24 heavy (non-hydrogen) atoms. The van der Waals surface area contributed by atoms with Crippen molar-refractivity contribution in [2.45, 2.75) is 12.2 Å². The quantitative estimate of drug-likeness (QED) is 0.675. The summed E-state index contributed by atoms with van der Waals surface area (Å²) in [6.45, 7) is 0.974. The van der Waals surface area contributed by atoms with Crippen LogP contribution in [0.25, 0.3) is 17.0 Å². The average Bonchev–Trinajstić information content (AvgIpc) is 3.21. The van der Waals surface area contributed by atoms with Crippen molar-refractivity contribution in [3.8, 4) is 11.4 Å². The predicted molar refractivity (Wildman–Crippen MR) is 90.9 cm³/mol. The number of fused-ring (bicyclic) bond motifs is 1. The van der Waals surface area contributed by atoms with Crippen LogP contribution in [0.5, 0.6) is 0 Å². The lowest BCUT2D eigenvalue weighted by Gasteiger charge is -2.14. The topological polar surface area (TPSA) is 79.2 Å². The lowest BCUT2D eigenvalue weighted by molar-refractivity contribution is 0.342. The maximum Gasteiger partial charge on any atom is 0.154 e. The molecule has 124 valence electrons. The van der Waals surface area contributed by atoms with Crippen molar-refractivity contribution >= 4 is 17.3 Å². The Bertz CT molecular complexity index is 863. The number of halogens is 1. The molecular weight excluding hydrogens is 309 g/mol. The van der Waals surface area contributed by atoms with E-state index in [-0.39, 0.29) is 6.04 Å². The summed E-state index contributed by atoms with van der Waals surface area (Å²) in [5, 5.41) is 13.6. The largest absolute Gasteiger partial charge is 0.372 e. The standard InChI is InChI=1S/C16H18FN7/c1-18-14-5-6-16-22-13(9-24(16)23-14)11-3-2-4-15(20-11)21-12-8-19-7-10(12)17/h2-6,9-10,12,19H,7-8H2,1H3,(H,18,23)(H,20,21)/t10-,12-/m0/s1. The van der Waals surface area contributed by atoms with Gasteiger partial charge in [0, 0.05) is 20.1 Å². The molecule has 0 amide bonds. The van der Waals surface area contributed by atoms with Gasteiger partial charge in [0.25, 0.3) is 0 Å². The summed E-state index contributed by atoms with van der Waals surface area (Å²) in [5.74, 6) is 1.40. The summed E-state index contributed by atoms with van der Waals surface area (Å²) in [6.07, 6.45) is 0.923. The third-order valence-corrected chi connectivity index (χ3v) is 4.06. The van der Waals surface area contributed by atoms with E-state index in [4.69, 9.17) is 0 Å². The second kappa shape index (κ2) is 6.04. The molecule has 1 saturated heterocycles. The highest BCUT2D eigenvalue weighted by molar-refractivity contribution is 5.61. The van der Waals surface area contributed by atoms with Gasteiger partial charge < -0.3 is 16.0 Å². The average molecular weight is 327 g/mol. The van der Waals surface area contributed by atoms with Gasteiger partial charge in [-0.2, -0.15) is 0 Å². The molecule has 0 aliphatic carbocycles. The Morgan fingerprint density at radius 1 is 1.12 bits per heavy atom. The van der Waals surface area contributed by atoms with E-state index >= 15 is 0 Å². The second-order valence-electron chi connectivity index (χ2n) is 5.73. The molecule has 1 aliphatic rings. The molecule has 1 fully saturated rings. The fourth-order valence-corrected chi connectivity index (χ4v) is 2.77. The Morgan fingerprint density at radius 3 is 2.83 bits per heavy atom. The fraction of sp³-hybridized carbons (Fsp3) is 0.312. The molecule has 0 spiro atoms. The van der Waals surface area contributed by atoms with E-state index in [9.17, 15) is 4.39 Å². The first-order valence-corrected chi connectivity index (χ1v) is 7.86. The van der Waals surface area contributed by atoms with Gasteiger partial charge >= 0.3 is 0 Å². The molecule has 8 heteroatoms. The number of aromatic nitrogens is 4. The lowest BCUT2D eigenvalue weighted by Crippen LogP contribution is -2.29. The van der Waals surface area contributed by atoms with E-state index in [0.29, 0.717) is 18.9 Å². The maximum absolute atomic E-state index is 13.7. The number of pyridine rings is 1. The van der Waals surface area contributed by atoms with Gasteiger partial charge in [-0.3, -0.25) is 0 Å². The van der Waals surface area contributed by atoms with Crippen LogP contribution in [0.1, 0.15) is 0 Å². The molecule has 0 unspecified atom stereocenters. The highest BCUT2D eigenvalue weighted by Crippen LogP contribution is 2.20. The summed E-state index contributed by atoms with van der Waals surface area (Å²) < 4.78 is 15.4. The number of nitrogens with zero attached hydrogens (tertiary/aromatic N) is 4. The fourth-order valence-electron chi connectivity index (χ4n) is 2.77. The number of hydrogen-bond donors (Lipinski definition) is 3. The van der Waals surface area contributed by atoms with Crippen molar-refractivity contribution in [1.29, 1.82) is 0 Å². The van der Waals surface area contributed by atoms with E-state index in [1.54, 1.807) is 4.52 Å². The van der Waals surface area contributed by atoms with Gasteiger partial charge in [-0.05, 0) is 24.3 Å². The summed E-state index contributed by atoms with van der Waals surface area (Å²) >= 11 is 0. The Hall–Kier alpha value is -2.74. The Morgan fingerprint density at radius 2 is 2.04 bits per heavy atom. The normalized spacial score (nSPS) is 20.4. The molecule has 4 heterocycles. The van der Waals surface area contributed by atoms with Crippen LogP contribution in [0.2, 0.25) is 0 Å². The van der Waals surface area contributed by atoms with Gasteiger partial charge in [-0.1, -0.05) is 6.07 Å². The van der Waals surface area contributed by atoms with Crippen molar-refractivity contribution in [2.24, 2.45) is 0 Å². The second-order valence-corrected chi connectivity index (χ2v) is 5.73. The SMILES string of the molecule is CNc1ccc2nc(-c3cccc(N[C@H]4CNC[C@@H]4F)n3)cn2n1. The number of rotatable bonds is 4. The van der Waals surface area contributed by atoms with E-state index in [0.717, 1.165) is 22.9 Å². The molecule has 4 rings (SSSR count). The van der Waals surface area contributed by atoms with Crippen molar-refractivity contribution < 1.29 is 4.39 Å². The number of hydrogen-bond acceptors (Lipinski definition) is 6. The molecule has 3 N–H and O–H groups in total. The third-order valence-electron chi connectivity index (χ3n) is 4.06. The molecule has 0 radical (unpaired) electrons. The molecule has 0 saturated carbocycles. The Balaban J connectivity index is 1.63. The van der Waals surface area contributed by atoms with Gasteiger partial charge in [0.15, 0.2) is 5.65 Å². The summed E-state index contributed by atoms with van der Waals surface area (Å²) in [4.78, 5) is 9.10. The molecule has 0 aromatic carbocycles. The number of imidazole rings is 1. The molecule has 2 atom stereocenters. The minimum absolute atomic E-state index is 0.256. The Kier molecular flexibility index (Phi) is 3.73. The Labute approximate surface area is 138 Å². The van der Waals surface area contributed by atoms with Crippen LogP contribution < -0.4 is 16.0 Å². The lowest BCUT2D eigenvalue weighted by atomic mass is 10.2. The van der Waals surface area contributed by atoms with Crippen LogP contribution in [-0.2, 0) is 0 Å². The van der Waals surface area contributed by atoms with Crippen LogP contribution in [0, 0.1) is 0 Å². The molecule has 1 aliphatic heterocycles. The first-order chi connectivity index (χ1) is 11.7. The minimum Gasteiger partial charge on any atom is -0.372 e.